The van der Waals surface area contributed by atoms with Crippen LogP contribution >= 0.6 is 23.5 Å². The summed E-state index contributed by atoms with van der Waals surface area (Å²) in [4.78, 5) is 11.5. The summed E-state index contributed by atoms with van der Waals surface area (Å²) in [5.74, 6) is 1.95. The molecule has 0 aliphatic carbocycles. The summed E-state index contributed by atoms with van der Waals surface area (Å²) in [6.07, 6.45) is 5.56. The summed E-state index contributed by atoms with van der Waals surface area (Å²) in [6, 6.07) is 0. The first-order valence-electron chi connectivity index (χ1n) is 5.91. The number of piperidine rings is 1. The van der Waals surface area contributed by atoms with Crippen molar-refractivity contribution in [2.24, 2.45) is 0 Å². The van der Waals surface area contributed by atoms with E-state index in [9.17, 15) is 4.79 Å². The molecule has 0 saturated carbocycles. The molecule has 1 amide bonds. The normalized spacial score (nSPS) is 17.3. The molecule has 1 saturated heterocycles. The van der Waals surface area contributed by atoms with Gasteiger partial charge < -0.3 is 10.6 Å². The fourth-order valence-electron chi connectivity index (χ4n) is 1.65. The molecule has 0 bridgehead atoms. The van der Waals surface area contributed by atoms with Crippen molar-refractivity contribution in [2.75, 3.05) is 37.4 Å². The number of hydrogen-bond donors (Lipinski definition) is 2. The van der Waals surface area contributed by atoms with Crippen molar-refractivity contribution >= 4 is 29.4 Å². The SMILES string of the molecule is CSCCCNC(=O)CSC1CCNCC1. The highest BCUT2D eigenvalue weighted by atomic mass is 32.2. The van der Waals surface area contributed by atoms with Gasteiger partial charge in [0.15, 0.2) is 0 Å². The molecular weight excluding hydrogens is 240 g/mol. The number of amides is 1. The number of thioether (sulfide) groups is 2. The average molecular weight is 262 g/mol. The Kier molecular flexibility index (Phi) is 8.15. The minimum Gasteiger partial charge on any atom is -0.355 e. The molecule has 0 aromatic rings. The first-order valence-corrected chi connectivity index (χ1v) is 8.35. The maximum Gasteiger partial charge on any atom is 0.230 e. The topological polar surface area (TPSA) is 41.1 Å². The van der Waals surface area contributed by atoms with Gasteiger partial charge in [-0.15, -0.1) is 11.8 Å². The zero-order valence-corrected chi connectivity index (χ0v) is 11.6. The van der Waals surface area contributed by atoms with Gasteiger partial charge in [0, 0.05) is 11.8 Å². The number of carbonyl (C=O) groups is 1. The Bertz CT molecular complexity index is 196. The van der Waals surface area contributed by atoms with Gasteiger partial charge in [-0.1, -0.05) is 0 Å². The van der Waals surface area contributed by atoms with Gasteiger partial charge in [-0.3, -0.25) is 4.79 Å². The van der Waals surface area contributed by atoms with Crippen LogP contribution in [0.15, 0.2) is 0 Å². The molecule has 0 radical (unpaired) electrons. The average Bonchev–Trinajstić information content (AvgIpc) is 2.33. The lowest BCUT2D eigenvalue weighted by Crippen LogP contribution is -2.31. The van der Waals surface area contributed by atoms with Gasteiger partial charge in [0.25, 0.3) is 0 Å². The van der Waals surface area contributed by atoms with Crippen molar-refractivity contribution in [1.29, 1.82) is 0 Å². The van der Waals surface area contributed by atoms with Crippen molar-refractivity contribution < 1.29 is 4.79 Å². The highest BCUT2D eigenvalue weighted by molar-refractivity contribution is 8.00. The van der Waals surface area contributed by atoms with Gasteiger partial charge in [-0.25, -0.2) is 0 Å². The molecule has 3 nitrogen and oxygen atoms in total. The Morgan fingerprint density at radius 2 is 2.19 bits per heavy atom. The molecule has 1 rings (SSSR count). The van der Waals surface area contributed by atoms with Crippen LogP contribution in [0.1, 0.15) is 19.3 Å². The lowest BCUT2D eigenvalue weighted by molar-refractivity contribution is -0.118. The van der Waals surface area contributed by atoms with E-state index >= 15 is 0 Å². The number of carbonyl (C=O) groups excluding carboxylic acids is 1. The fourth-order valence-corrected chi connectivity index (χ4v) is 3.14. The van der Waals surface area contributed by atoms with Crippen LogP contribution in [0.5, 0.6) is 0 Å². The second-order valence-electron chi connectivity index (χ2n) is 3.96. The van der Waals surface area contributed by atoms with E-state index in [1.807, 2.05) is 23.5 Å². The standard InChI is InChI=1S/C11H22N2OS2/c1-15-8-2-5-13-11(14)9-16-10-3-6-12-7-4-10/h10,12H,2-9H2,1H3,(H,13,14). The van der Waals surface area contributed by atoms with Crippen LogP contribution < -0.4 is 10.6 Å². The van der Waals surface area contributed by atoms with E-state index in [-0.39, 0.29) is 5.91 Å². The predicted molar refractivity (Wildman–Crippen MR) is 74.4 cm³/mol. The van der Waals surface area contributed by atoms with E-state index in [1.165, 1.54) is 12.8 Å². The summed E-state index contributed by atoms with van der Waals surface area (Å²) in [7, 11) is 0. The molecule has 1 aliphatic heterocycles. The Labute approximate surface area is 107 Å². The molecule has 1 heterocycles. The fraction of sp³-hybridized carbons (Fsp3) is 0.909. The molecule has 0 spiro atoms. The van der Waals surface area contributed by atoms with Crippen LogP contribution in [0, 0.1) is 0 Å². The monoisotopic (exact) mass is 262 g/mol. The first kappa shape index (κ1) is 14.2. The molecule has 0 aromatic carbocycles. The first-order chi connectivity index (χ1) is 7.83. The maximum atomic E-state index is 11.5. The van der Waals surface area contributed by atoms with Crippen molar-refractivity contribution in [2.45, 2.75) is 24.5 Å². The number of nitrogens with one attached hydrogen (secondary N) is 2. The quantitative estimate of drug-likeness (QED) is 0.680. The van der Waals surface area contributed by atoms with E-state index in [0.717, 1.165) is 31.8 Å². The zero-order valence-electron chi connectivity index (χ0n) is 9.96. The van der Waals surface area contributed by atoms with Crippen LogP contribution in [0.25, 0.3) is 0 Å². The van der Waals surface area contributed by atoms with E-state index < -0.39 is 0 Å². The van der Waals surface area contributed by atoms with Crippen molar-refractivity contribution in [3.05, 3.63) is 0 Å². The second-order valence-corrected chi connectivity index (χ2v) is 6.23. The number of rotatable bonds is 7. The van der Waals surface area contributed by atoms with Crippen LogP contribution in [-0.2, 0) is 4.79 Å². The summed E-state index contributed by atoms with van der Waals surface area (Å²) < 4.78 is 0. The lowest BCUT2D eigenvalue weighted by atomic mass is 10.2. The van der Waals surface area contributed by atoms with Crippen LogP contribution in [0.3, 0.4) is 0 Å². The second kappa shape index (κ2) is 9.19. The van der Waals surface area contributed by atoms with Gasteiger partial charge in [-0.2, -0.15) is 11.8 Å². The highest BCUT2D eigenvalue weighted by Crippen LogP contribution is 2.19. The van der Waals surface area contributed by atoms with Crippen LogP contribution in [0.4, 0.5) is 0 Å². The predicted octanol–water partition coefficient (Wildman–Crippen LogP) is 1.34. The minimum atomic E-state index is 0.199. The van der Waals surface area contributed by atoms with Crippen molar-refractivity contribution in [1.82, 2.24) is 10.6 Å². The molecule has 2 N–H and O–H groups in total. The smallest absolute Gasteiger partial charge is 0.230 e. The van der Waals surface area contributed by atoms with Crippen molar-refractivity contribution in [3.63, 3.8) is 0 Å². The number of hydrogen-bond acceptors (Lipinski definition) is 4. The van der Waals surface area contributed by atoms with Gasteiger partial charge >= 0.3 is 0 Å². The molecule has 0 aromatic heterocycles. The molecular formula is C11H22N2OS2. The molecule has 0 unspecified atom stereocenters. The largest absolute Gasteiger partial charge is 0.355 e. The van der Waals surface area contributed by atoms with E-state index in [0.29, 0.717) is 11.0 Å². The molecule has 1 fully saturated rings. The van der Waals surface area contributed by atoms with Gasteiger partial charge in [0.1, 0.15) is 0 Å². The Hall–Kier alpha value is 0.130. The van der Waals surface area contributed by atoms with Crippen LogP contribution in [-0.4, -0.2) is 48.6 Å². The third kappa shape index (κ3) is 6.66. The molecule has 16 heavy (non-hydrogen) atoms. The Morgan fingerprint density at radius 1 is 1.44 bits per heavy atom. The summed E-state index contributed by atoms with van der Waals surface area (Å²) >= 11 is 3.64. The lowest BCUT2D eigenvalue weighted by Gasteiger charge is -2.21. The van der Waals surface area contributed by atoms with E-state index in [4.69, 9.17) is 0 Å². The summed E-state index contributed by atoms with van der Waals surface area (Å²) in [5.41, 5.74) is 0. The Morgan fingerprint density at radius 3 is 2.88 bits per heavy atom. The molecule has 1 aliphatic rings. The zero-order chi connectivity index (χ0) is 11.6. The third-order valence-electron chi connectivity index (χ3n) is 2.58. The molecule has 5 heteroatoms. The third-order valence-corrected chi connectivity index (χ3v) is 4.65. The van der Waals surface area contributed by atoms with Gasteiger partial charge in [0.2, 0.25) is 5.91 Å². The molecule has 0 atom stereocenters. The Balaban J connectivity index is 1.96. The minimum absolute atomic E-state index is 0.199. The van der Waals surface area contributed by atoms with Crippen molar-refractivity contribution in [3.8, 4) is 0 Å². The maximum absolute atomic E-state index is 11.5. The van der Waals surface area contributed by atoms with Gasteiger partial charge in [-0.05, 0) is 44.4 Å². The summed E-state index contributed by atoms with van der Waals surface area (Å²) in [5, 5.41) is 6.98. The van der Waals surface area contributed by atoms with E-state index in [2.05, 4.69) is 16.9 Å². The molecule has 94 valence electrons. The van der Waals surface area contributed by atoms with E-state index in [1.54, 1.807) is 0 Å². The highest BCUT2D eigenvalue weighted by Gasteiger charge is 2.14. The van der Waals surface area contributed by atoms with Gasteiger partial charge in [0.05, 0.1) is 5.75 Å². The summed E-state index contributed by atoms with van der Waals surface area (Å²) in [6.45, 7) is 3.03. The van der Waals surface area contributed by atoms with Crippen LogP contribution in [0.2, 0.25) is 0 Å².